The van der Waals surface area contributed by atoms with Gasteiger partial charge in [0.2, 0.25) is 0 Å². The van der Waals surface area contributed by atoms with E-state index in [0.717, 1.165) is 30.6 Å². The predicted octanol–water partition coefficient (Wildman–Crippen LogP) is 4.57. The minimum atomic E-state index is 0.601. The molecule has 2 rings (SSSR count). The number of benzene rings is 1. The first-order chi connectivity index (χ1) is 10.2. The molecule has 2 heteroatoms. The molecule has 0 aliphatic heterocycles. The van der Waals surface area contributed by atoms with E-state index in [1.807, 2.05) is 0 Å². The molecule has 2 nitrogen and oxygen atoms in total. The standard InChI is InChI=1S/C19H31NO/c1-4-16-8-6-9-17(14-16)19(20-3)11-12-21-18-10-5-7-15(2)13-18/h5,7,10,13,16-17,19-20H,4,6,8-9,11-12,14H2,1-3H3. The summed E-state index contributed by atoms with van der Waals surface area (Å²) in [6, 6.07) is 8.93. The maximum atomic E-state index is 5.92. The molecular formula is C19H31NO. The highest BCUT2D eigenvalue weighted by Crippen LogP contribution is 2.33. The molecule has 1 fully saturated rings. The van der Waals surface area contributed by atoms with E-state index in [1.165, 1.54) is 37.7 Å². The van der Waals surface area contributed by atoms with Crippen LogP contribution in [-0.2, 0) is 0 Å². The first kappa shape index (κ1) is 16.4. The Bertz CT molecular complexity index is 418. The number of nitrogens with one attached hydrogen (secondary N) is 1. The zero-order valence-corrected chi connectivity index (χ0v) is 13.9. The molecule has 0 radical (unpaired) electrons. The summed E-state index contributed by atoms with van der Waals surface area (Å²) < 4.78 is 5.92. The zero-order chi connectivity index (χ0) is 15.1. The largest absolute Gasteiger partial charge is 0.494 e. The summed E-state index contributed by atoms with van der Waals surface area (Å²) in [6.07, 6.45) is 8.06. The van der Waals surface area contributed by atoms with Gasteiger partial charge in [-0.25, -0.2) is 0 Å². The summed E-state index contributed by atoms with van der Waals surface area (Å²) in [5, 5.41) is 3.53. The van der Waals surface area contributed by atoms with E-state index in [4.69, 9.17) is 4.74 Å². The van der Waals surface area contributed by atoms with Gasteiger partial charge in [-0.15, -0.1) is 0 Å². The number of aryl methyl sites for hydroxylation is 1. The van der Waals surface area contributed by atoms with Crippen molar-refractivity contribution in [1.82, 2.24) is 5.32 Å². The second kappa shape index (κ2) is 8.43. The van der Waals surface area contributed by atoms with Crippen molar-refractivity contribution in [3.05, 3.63) is 29.8 Å². The lowest BCUT2D eigenvalue weighted by molar-refractivity contribution is 0.187. The minimum absolute atomic E-state index is 0.601. The van der Waals surface area contributed by atoms with Crippen molar-refractivity contribution in [1.29, 1.82) is 0 Å². The summed E-state index contributed by atoms with van der Waals surface area (Å²) in [7, 11) is 2.10. The van der Waals surface area contributed by atoms with Gasteiger partial charge in [0.05, 0.1) is 6.61 Å². The van der Waals surface area contributed by atoms with Gasteiger partial charge in [0.15, 0.2) is 0 Å². The average molecular weight is 289 g/mol. The summed E-state index contributed by atoms with van der Waals surface area (Å²) in [6.45, 7) is 5.25. The lowest BCUT2D eigenvalue weighted by atomic mass is 9.76. The lowest BCUT2D eigenvalue weighted by Crippen LogP contribution is -2.37. The predicted molar refractivity (Wildman–Crippen MR) is 89.9 cm³/mol. The van der Waals surface area contributed by atoms with Crippen LogP contribution in [0.15, 0.2) is 24.3 Å². The van der Waals surface area contributed by atoms with Crippen LogP contribution < -0.4 is 10.1 Å². The topological polar surface area (TPSA) is 21.3 Å². The summed E-state index contributed by atoms with van der Waals surface area (Å²) in [4.78, 5) is 0. The van der Waals surface area contributed by atoms with Crippen LogP contribution in [0.2, 0.25) is 0 Å². The van der Waals surface area contributed by atoms with Crippen LogP contribution in [0.5, 0.6) is 5.75 Å². The Morgan fingerprint density at radius 2 is 2.19 bits per heavy atom. The van der Waals surface area contributed by atoms with Crippen LogP contribution >= 0.6 is 0 Å². The fourth-order valence-corrected chi connectivity index (χ4v) is 3.69. The van der Waals surface area contributed by atoms with Crippen LogP contribution in [-0.4, -0.2) is 19.7 Å². The normalized spacial score (nSPS) is 23.8. The molecule has 1 aromatic rings. The highest BCUT2D eigenvalue weighted by Gasteiger charge is 2.26. The molecule has 21 heavy (non-hydrogen) atoms. The fraction of sp³-hybridized carbons (Fsp3) is 0.684. The van der Waals surface area contributed by atoms with Crippen LogP contribution in [0.1, 0.15) is 51.0 Å². The molecule has 1 saturated carbocycles. The quantitative estimate of drug-likeness (QED) is 0.794. The molecule has 1 N–H and O–H groups in total. The summed E-state index contributed by atoms with van der Waals surface area (Å²) >= 11 is 0. The van der Waals surface area contributed by atoms with Crippen molar-refractivity contribution in [2.24, 2.45) is 11.8 Å². The molecular weight excluding hydrogens is 258 g/mol. The highest BCUT2D eigenvalue weighted by atomic mass is 16.5. The van der Waals surface area contributed by atoms with Crippen molar-refractivity contribution >= 4 is 0 Å². The van der Waals surface area contributed by atoms with Gasteiger partial charge in [-0.1, -0.05) is 38.3 Å². The third-order valence-electron chi connectivity index (χ3n) is 5.03. The van der Waals surface area contributed by atoms with Crippen LogP contribution in [0.4, 0.5) is 0 Å². The van der Waals surface area contributed by atoms with Crippen molar-refractivity contribution < 1.29 is 4.74 Å². The lowest BCUT2D eigenvalue weighted by Gasteiger charge is -2.34. The van der Waals surface area contributed by atoms with Crippen molar-refractivity contribution in [3.63, 3.8) is 0 Å². The molecule has 1 aliphatic rings. The molecule has 0 aromatic heterocycles. The third-order valence-corrected chi connectivity index (χ3v) is 5.03. The van der Waals surface area contributed by atoms with Gasteiger partial charge in [-0.05, 0) is 62.8 Å². The fourth-order valence-electron chi connectivity index (χ4n) is 3.69. The number of hydrogen-bond donors (Lipinski definition) is 1. The first-order valence-electron chi connectivity index (χ1n) is 8.59. The van der Waals surface area contributed by atoms with Crippen molar-refractivity contribution in [2.45, 2.75) is 58.4 Å². The third kappa shape index (κ3) is 5.03. The van der Waals surface area contributed by atoms with E-state index < -0.39 is 0 Å². The molecule has 1 aromatic carbocycles. The average Bonchev–Trinajstić information content (AvgIpc) is 2.52. The van der Waals surface area contributed by atoms with Gasteiger partial charge < -0.3 is 10.1 Å². The Morgan fingerprint density at radius 3 is 2.90 bits per heavy atom. The monoisotopic (exact) mass is 289 g/mol. The molecule has 3 unspecified atom stereocenters. The Labute approximate surface area is 130 Å². The highest BCUT2D eigenvalue weighted by molar-refractivity contribution is 5.27. The van der Waals surface area contributed by atoms with Gasteiger partial charge in [0.25, 0.3) is 0 Å². The van der Waals surface area contributed by atoms with Crippen molar-refractivity contribution in [3.8, 4) is 5.75 Å². The van der Waals surface area contributed by atoms with Crippen LogP contribution in [0.25, 0.3) is 0 Å². The molecule has 0 bridgehead atoms. The van der Waals surface area contributed by atoms with Gasteiger partial charge in [0.1, 0.15) is 5.75 Å². The molecule has 118 valence electrons. The number of hydrogen-bond acceptors (Lipinski definition) is 2. The molecule has 0 amide bonds. The number of rotatable bonds is 7. The maximum absolute atomic E-state index is 5.92. The van der Waals surface area contributed by atoms with E-state index >= 15 is 0 Å². The maximum Gasteiger partial charge on any atom is 0.119 e. The number of ether oxygens (including phenoxy) is 1. The van der Waals surface area contributed by atoms with Gasteiger partial charge in [-0.2, -0.15) is 0 Å². The van der Waals surface area contributed by atoms with Crippen LogP contribution in [0.3, 0.4) is 0 Å². The summed E-state index contributed by atoms with van der Waals surface area (Å²) in [5.41, 5.74) is 1.26. The second-order valence-corrected chi connectivity index (χ2v) is 6.55. The SMILES string of the molecule is CCC1CCCC(C(CCOc2cccc(C)c2)NC)C1. The smallest absolute Gasteiger partial charge is 0.119 e. The van der Waals surface area contributed by atoms with Gasteiger partial charge in [-0.3, -0.25) is 0 Å². The Hall–Kier alpha value is -1.02. The Balaban J connectivity index is 1.79. The van der Waals surface area contributed by atoms with E-state index in [0.29, 0.717) is 6.04 Å². The molecule has 0 saturated heterocycles. The Kier molecular flexibility index (Phi) is 6.56. The first-order valence-corrected chi connectivity index (χ1v) is 8.59. The summed E-state index contributed by atoms with van der Waals surface area (Å²) in [5.74, 6) is 2.77. The van der Waals surface area contributed by atoms with Gasteiger partial charge in [0, 0.05) is 6.04 Å². The minimum Gasteiger partial charge on any atom is -0.494 e. The second-order valence-electron chi connectivity index (χ2n) is 6.55. The van der Waals surface area contributed by atoms with Crippen LogP contribution in [0, 0.1) is 18.8 Å². The molecule has 0 heterocycles. The van der Waals surface area contributed by atoms with Crippen molar-refractivity contribution in [2.75, 3.05) is 13.7 Å². The zero-order valence-electron chi connectivity index (χ0n) is 13.9. The van der Waals surface area contributed by atoms with Gasteiger partial charge >= 0.3 is 0 Å². The molecule has 0 spiro atoms. The molecule has 1 aliphatic carbocycles. The van der Waals surface area contributed by atoms with E-state index in [9.17, 15) is 0 Å². The molecule has 3 atom stereocenters. The Morgan fingerprint density at radius 1 is 1.33 bits per heavy atom. The van der Waals surface area contributed by atoms with E-state index in [-0.39, 0.29) is 0 Å². The van der Waals surface area contributed by atoms with E-state index in [2.05, 4.69) is 50.5 Å². The van der Waals surface area contributed by atoms with E-state index in [1.54, 1.807) is 0 Å².